The Morgan fingerprint density at radius 2 is 1.90 bits per heavy atom. The third-order valence-corrected chi connectivity index (χ3v) is 6.95. The van der Waals surface area contributed by atoms with Crippen molar-refractivity contribution in [3.63, 3.8) is 0 Å². The van der Waals surface area contributed by atoms with Gasteiger partial charge in [0, 0.05) is 13.5 Å². The lowest BCUT2D eigenvalue weighted by molar-refractivity contribution is -0.138. The van der Waals surface area contributed by atoms with Crippen LogP contribution in [-0.4, -0.2) is 46.9 Å². The molecule has 3 fully saturated rings. The summed E-state index contributed by atoms with van der Waals surface area (Å²) in [5.41, 5.74) is -0.854. The van der Waals surface area contributed by atoms with E-state index in [0.717, 1.165) is 50.8 Å². The molecule has 2 aliphatic carbocycles. The fraction of sp³-hybridized carbons (Fsp3) is 0.857. The van der Waals surface area contributed by atoms with E-state index in [1.165, 1.54) is 26.2 Å². The molecule has 0 unspecified atom stereocenters. The highest BCUT2D eigenvalue weighted by Gasteiger charge is 2.61. The normalized spacial score (nSPS) is 28.3. The summed E-state index contributed by atoms with van der Waals surface area (Å²) in [6, 6.07) is -0.460. The van der Waals surface area contributed by atoms with Gasteiger partial charge in [0.25, 0.3) is 5.91 Å². The number of amides is 3. The molecule has 0 aromatic carbocycles. The Balaban J connectivity index is 1.56. The van der Waals surface area contributed by atoms with Gasteiger partial charge in [-0.1, -0.05) is 39.0 Å². The van der Waals surface area contributed by atoms with Crippen molar-refractivity contribution < 1.29 is 18.6 Å². The van der Waals surface area contributed by atoms with Gasteiger partial charge >= 0.3 is 0 Å². The average molecular weight is 426 g/mol. The lowest BCUT2D eigenvalue weighted by Crippen LogP contribution is -2.54. The number of rotatable bonds is 12. The second-order valence-corrected chi connectivity index (χ2v) is 9.31. The van der Waals surface area contributed by atoms with Crippen molar-refractivity contribution in [1.82, 2.24) is 14.9 Å². The van der Waals surface area contributed by atoms with Crippen LogP contribution in [0.2, 0.25) is 0 Å². The van der Waals surface area contributed by atoms with Gasteiger partial charge in [0.2, 0.25) is 11.8 Å². The van der Waals surface area contributed by atoms with Crippen LogP contribution in [0.5, 0.6) is 0 Å². The molecule has 1 heterocycles. The van der Waals surface area contributed by atoms with Crippen molar-refractivity contribution >= 4 is 30.0 Å². The third kappa shape index (κ3) is 5.87. The van der Waals surface area contributed by atoms with Gasteiger partial charge in [0.1, 0.15) is 23.8 Å². The average Bonchev–Trinajstić information content (AvgIpc) is 3.58. The van der Waals surface area contributed by atoms with E-state index in [1.807, 2.05) is 0 Å². The van der Waals surface area contributed by atoms with Crippen molar-refractivity contribution in [2.75, 3.05) is 6.54 Å². The molecular formula is C21H35N3O4S. The first-order valence-electron chi connectivity index (χ1n) is 11.2. The van der Waals surface area contributed by atoms with E-state index in [9.17, 15) is 14.4 Å². The number of unbranched alkanes of at least 4 members (excludes halogenated alkanes) is 4. The molecule has 3 aliphatic rings. The van der Waals surface area contributed by atoms with E-state index in [4.69, 9.17) is 4.18 Å². The summed E-state index contributed by atoms with van der Waals surface area (Å²) in [4.78, 5) is 39.3. The van der Waals surface area contributed by atoms with Gasteiger partial charge < -0.3 is 10.2 Å². The SMILES string of the molecule is CCCCCCC[C@@H]1C[C@]1(NC(=O)[C@@H]1CCCN1C(C)=O)C(=O)NSOC1CC1. The molecule has 0 bridgehead atoms. The van der Waals surface area contributed by atoms with Gasteiger partial charge in [-0.25, -0.2) is 0 Å². The van der Waals surface area contributed by atoms with E-state index in [2.05, 4.69) is 17.0 Å². The summed E-state index contributed by atoms with van der Waals surface area (Å²) in [6.45, 7) is 4.30. The molecular weight excluding hydrogens is 390 g/mol. The highest BCUT2D eigenvalue weighted by Crippen LogP contribution is 2.48. The molecule has 0 aromatic rings. The summed E-state index contributed by atoms with van der Waals surface area (Å²) in [5.74, 6) is -0.309. The van der Waals surface area contributed by atoms with Gasteiger partial charge in [0.15, 0.2) is 0 Å². The monoisotopic (exact) mass is 425 g/mol. The number of likely N-dealkylation sites (tertiary alicyclic amines) is 1. The first kappa shape index (κ1) is 22.4. The van der Waals surface area contributed by atoms with Crippen molar-refractivity contribution in [3.8, 4) is 0 Å². The highest BCUT2D eigenvalue weighted by atomic mass is 32.2. The molecule has 3 amide bonds. The molecule has 7 nitrogen and oxygen atoms in total. The van der Waals surface area contributed by atoms with Crippen molar-refractivity contribution in [2.45, 2.75) is 102 Å². The van der Waals surface area contributed by atoms with Crippen LogP contribution < -0.4 is 10.0 Å². The maximum absolute atomic E-state index is 12.9. The largest absolute Gasteiger partial charge is 0.340 e. The Kier molecular flexibility index (Phi) is 7.85. The van der Waals surface area contributed by atoms with Crippen LogP contribution in [0.3, 0.4) is 0 Å². The number of carbonyl (C=O) groups is 3. The quantitative estimate of drug-likeness (QED) is 0.285. The second kappa shape index (κ2) is 10.2. The van der Waals surface area contributed by atoms with E-state index in [-0.39, 0.29) is 29.7 Å². The first-order valence-corrected chi connectivity index (χ1v) is 11.9. The Morgan fingerprint density at radius 3 is 2.59 bits per heavy atom. The Morgan fingerprint density at radius 1 is 1.14 bits per heavy atom. The second-order valence-electron chi connectivity index (χ2n) is 8.75. The van der Waals surface area contributed by atoms with Crippen molar-refractivity contribution in [1.29, 1.82) is 0 Å². The summed E-state index contributed by atoms with van der Waals surface area (Å²) >= 11 is 0.985. The van der Waals surface area contributed by atoms with E-state index < -0.39 is 11.6 Å². The predicted molar refractivity (Wildman–Crippen MR) is 113 cm³/mol. The van der Waals surface area contributed by atoms with Gasteiger partial charge in [-0.3, -0.25) is 23.3 Å². The fourth-order valence-corrected chi connectivity index (χ4v) is 4.90. The molecule has 0 spiro atoms. The Hall–Kier alpha value is -1.28. The van der Waals surface area contributed by atoms with Crippen LogP contribution in [-0.2, 0) is 18.6 Å². The standard InChI is InChI=1S/C21H35N3O4S/c1-3-4-5-6-7-9-16-14-21(16,20(27)23-29-28-17-11-12-17)22-19(26)18-10-8-13-24(18)15(2)25/h16-18H,3-14H2,1-2H3,(H,22,26)(H,23,27)/t16-,18+,21-/m1/s1. The Bertz CT molecular complexity index is 613. The maximum atomic E-state index is 12.9. The minimum absolute atomic E-state index is 0.0854. The van der Waals surface area contributed by atoms with Crippen molar-refractivity contribution in [3.05, 3.63) is 0 Å². The lowest BCUT2D eigenvalue weighted by atomic mass is 10.0. The topological polar surface area (TPSA) is 87.7 Å². The number of nitrogens with one attached hydrogen (secondary N) is 2. The van der Waals surface area contributed by atoms with Crippen molar-refractivity contribution in [2.24, 2.45) is 5.92 Å². The fourth-order valence-electron chi connectivity index (χ4n) is 4.27. The summed E-state index contributed by atoms with van der Waals surface area (Å²) in [5, 5.41) is 3.04. The van der Waals surface area contributed by atoms with Gasteiger partial charge in [-0.2, -0.15) is 0 Å². The number of hydrogen-bond acceptors (Lipinski definition) is 5. The lowest BCUT2D eigenvalue weighted by Gasteiger charge is -2.26. The molecule has 0 aromatic heterocycles. The van der Waals surface area contributed by atoms with Crippen LogP contribution >= 0.6 is 12.2 Å². The molecule has 164 valence electrons. The summed E-state index contributed by atoms with van der Waals surface area (Å²) < 4.78 is 8.27. The molecule has 2 saturated carbocycles. The van der Waals surface area contributed by atoms with Gasteiger partial charge in [-0.05, 0) is 44.4 Å². The van der Waals surface area contributed by atoms with Crippen LogP contribution in [0.1, 0.15) is 84.5 Å². The zero-order valence-corrected chi connectivity index (χ0v) is 18.5. The number of carbonyl (C=O) groups excluding carboxylic acids is 3. The van der Waals surface area contributed by atoms with E-state index in [0.29, 0.717) is 19.4 Å². The van der Waals surface area contributed by atoms with E-state index >= 15 is 0 Å². The zero-order valence-electron chi connectivity index (χ0n) is 17.7. The molecule has 3 atom stereocenters. The first-order chi connectivity index (χ1) is 14.0. The molecule has 1 saturated heterocycles. The van der Waals surface area contributed by atoms with E-state index in [1.54, 1.807) is 4.90 Å². The smallest absolute Gasteiger partial charge is 0.257 e. The predicted octanol–water partition coefficient (Wildman–Crippen LogP) is 3.09. The molecule has 0 radical (unpaired) electrons. The molecule has 3 rings (SSSR count). The van der Waals surface area contributed by atoms with Crippen LogP contribution in [0.25, 0.3) is 0 Å². The Labute approximate surface area is 178 Å². The number of hydrogen-bond donors (Lipinski definition) is 2. The minimum Gasteiger partial charge on any atom is -0.340 e. The minimum atomic E-state index is -0.854. The molecule has 1 aliphatic heterocycles. The number of nitrogens with zero attached hydrogens (tertiary/aromatic N) is 1. The molecule has 29 heavy (non-hydrogen) atoms. The molecule has 2 N–H and O–H groups in total. The van der Waals surface area contributed by atoms with Crippen LogP contribution in [0.4, 0.5) is 0 Å². The van der Waals surface area contributed by atoms with Gasteiger partial charge in [0.05, 0.1) is 6.10 Å². The zero-order chi connectivity index (χ0) is 20.9. The van der Waals surface area contributed by atoms with Crippen LogP contribution in [0, 0.1) is 5.92 Å². The van der Waals surface area contributed by atoms with Crippen LogP contribution in [0.15, 0.2) is 0 Å². The highest BCUT2D eigenvalue weighted by molar-refractivity contribution is 7.93. The summed E-state index contributed by atoms with van der Waals surface area (Å²) in [6.07, 6.45) is 11.3. The summed E-state index contributed by atoms with van der Waals surface area (Å²) in [7, 11) is 0. The third-order valence-electron chi connectivity index (χ3n) is 6.32. The molecule has 8 heteroatoms. The maximum Gasteiger partial charge on any atom is 0.257 e. The van der Waals surface area contributed by atoms with Gasteiger partial charge in [-0.15, -0.1) is 0 Å².